The molecular formula is C14H9N3O4. The van der Waals surface area contributed by atoms with Gasteiger partial charge in [0.2, 0.25) is 5.91 Å². The highest BCUT2D eigenvalue weighted by atomic mass is 16.6. The summed E-state index contributed by atoms with van der Waals surface area (Å²) in [6.07, 6.45) is 0. The van der Waals surface area contributed by atoms with E-state index in [1.807, 2.05) is 0 Å². The Morgan fingerprint density at radius 2 is 1.62 bits per heavy atom. The smallest absolute Gasteiger partial charge is 0.283 e. The zero-order valence-corrected chi connectivity index (χ0v) is 10.6. The van der Waals surface area contributed by atoms with E-state index in [0.29, 0.717) is 22.3 Å². The Bertz CT molecular complexity index is 842. The molecule has 0 spiro atoms. The summed E-state index contributed by atoms with van der Waals surface area (Å²) in [6.45, 7) is 0. The molecule has 21 heavy (non-hydrogen) atoms. The predicted octanol–water partition coefficient (Wildman–Crippen LogP) is 1.44. The van der Waals surface area contributed by atoms with Crippen molar-refractivity contribution in [2.45, 2.75) is 0 Å². The lowest BCUT2D eigenvalue weighted by atomic mass is 9.92. The fraction of sp³-hybridized carbons (Fsp3) is 0. The molecule has 0 atom stereocenters. The van der Waals surface area contributed by atoms with Gasteiger partial charge in [-0.2, -0.15) is 0 Å². The minimum Gasteiger partial charge on any atom is -0.366 e. The molecule has 0 aromatic heterocycles. The van der Waals surface area contributed by atoms with Gasteiger partial charge >= 0.3 is 0 Å². The van der Waals surface area contributed by atoms with E-state index < -0.39 is 22.4 Å². The number of hydrogen-bond donors (Lipinski definition) is 2. The van der Waals surface area contributed by atoms with E-state index in [1.54, 1.807) is 24.3 Å². The van der Waals surface area contributed by atoms with Gasteiger partial charge in [-0.3, -0.25) is 19.7 Å². The fourth-order valence-corrected chi connectivity index (χ4v) is 2.68. The number of carbonyl (C=O) groups is 2. The van der Waals surface area contributed by atoms with Gasteiger partial charge in [0.15, 0.2) is 0 Å². The second-order valence-electron chi connectivity index (χ2n) is 4.63. The van der Waals surface area contributed by atoms with Crippen molar-refractivity contribution in [2.75, 3.05) is 0 Å². The standard InChI is InChI=1S/C14H9N3O4/c15-13(18)8-5-9(17(20)21)12(14(16)19)11-7-3-1-2-6(4-7)10(8)11/h1-5H,(H2,15,18)(H2,16,19). The first kappa shape index (κ1) is 12.8. The van der Waals surface area contributed by atoms with E-state index in [2.05, 4.69) is 0 Å². The zero-order valence-electron chi connectivity index (χ0n) is 10.6. The van der Waals surface area contributed by atoms with Crippen LogP contribution >= 0.6 is 0 Å². The van der Waals surface area contributed by atoms with Gasteiger partial charge in [-0.05, 0) is 17.2 Å². The first-order valence-electron chi connectivity index (χ1n) is 5.97. The number of hydrogen-bond acceptors (Lipinski definition) is 4. The van der Waals surface area contributed by atoms with Crippen molar-refractivity contribution >= 4 is 17.5 Å². The van der Waals surface area contributed by atoms with E-state index in [-0.39, 0.29) is 11.1 Å². The molecule has 7 heteroatoms. The molecular weight excluding hydrogens is 274 g/mol. The fourth-order valence-electron chi connectivity index (χ4n) is 2.68. The molecule has 4 N–H and O–H groups in total. The molecule has 104 valence electrons. The summed E-state index contributed by atoms with van der Waals surface area (Å²) < 4.78 is 0. The molecule has 0 fully saturated rings. The van der Waals surface area contributed by atoms with Gasteiger partial charge in [0.1, 0.15) is 5.56 Å². The first-order valence-corrected chi connectivity index (χ1v) is 5.97. The van der Waals surface area contributed by atoms with Gasteiger partial charge < -0.3 is 11.5 Å². The SMILES string of the molecule is NC(=O)c1cc([N+](=O)[O-])c(C(N)=O)c2c1-c1cccc-2c1. The molecule has 3 rings (SSSR count). The van der Waals surface area contributed by atoms with Crippen molar-refractivity contribution < 1.29 is 14.5 Å². The predicted molar refractivity (Wildman–Crippen MR) is 74.6 cm³/mol. The Kier molecular flexibility index (Phi) is 2.52. The highest BCUT2D eigenvalue weighted by Crippen LogP contribution is 2.47. The molecule has 0 saturated heterocycles. The zero-order chi connectivity index (χ0) is 15.3. The number of nitro groups is 1. The van der Waals surface area contributed by atoms with Gasteiger partial charge in [-0.15, -0.1) is 0 Å². The molecule has 2 bridgehead atoms. The lowest BCUT2D eigenvalue weighted by Gasteiger charge is -2.11. The monoisotopic (exact) mass is 283 g/mol. The van der Waals surface area contributed by atoms with Crippen molar-refractivity contribution in [1.29, 1.82) is 0 Å². The average molecular weight is 283 g/mol. The molecule has 1 aliphatic rings. The summed E-state index contributed by atoms with van der Waals surface area (Å²) in [6, 6.07) is 7.89. The molecule has 2 amide bonds. The summed E-state index contributed by atoms with van der Waals surface area (Å²) in [5.41, 5.74) is 11.9. The third-order valence-corrected chi connectivity index (χ3v) is 3.46. The second-order valence-corrected chi connectivity index (χ2v) is 4.63. The van der Waals surface area contributed by atoms with Crippen molar-refractivity contribution in [3.63, 3.8) is 0 Å². The Morgan fingerprint density at radius 1 is 1.00 bits per heavy atom. The van der Waals surface area contributed by atoms with Crippen molar-refractivity contribution in [3.8, 4) is 22.3 Å². The number of nitro benzene ring substituents is 1. The molecule has 0 aliphatic heterocycles. The highest BCUT2D eigenvalue weighted by molar-refractivity contribution is 6.15. The summed E-state index contributed by atoms with van der Waals surface area (Å²) in [5, 5.41) is 11.2. The summed E-state index contributed by atoms with van der Waals surface area (Å²) in [7, 11) is 0. The molecule has 0 radical (unpaired) electrons. The van der Waals surface area contributed by atoms with Crippen molar-refractivity contribution in [1.82, 2.24) is 0 Å². The van der Waals surface area contributed by atoms with Crippen LogP contribution in [0.25, 0.3) is 22.3 Å². The maximum absolute atomic E-state index is 11.7. The summed E-state index contributed by atoms with van der Waals surface area (Å²) in [5.74, 6) is -1.72. The minimum atomic E-state index is -0.920. The quantitative estimate of drug-likeness (QED) is 0.556. The highest BCUT2D eigenvalue weighted by Gasteiger charge is 2.33. The number of fused-ring (bicyclic) bond motifs is 5. The van der Waals surface area contributed by atoms with Crippen molar-refractivity contribution in [3.05, 3.63) is 51.6 Å². The Balaban J connectivity index is 2.52. The van der Waals surface area contributed by atoms with E-state index in [1.165, 1.54) is 0 Å². The van der Waals surface area contributed by atoms with Gasteiger partial charge in [0, 0.05) is 17.2 Å². The number of benzene rings is 2. The van der Waals surface area contributed by atoms with Gasteiger partial charge in [-0.25, -0.2) is 0 Å². The van der Waals surface area contributed by atoms with Crippen LogP contribution in [0, 0.1) is 10.1 Å². The number of nitrogens with zero attached hydrogens (tertiary/aromatic N) is 1. The Morgan fingerprint density at radius 3 is 2.14 bits per heavy atom. The minimum absolute atomic E-state index is 0.00269. The Labute approximate surface area is 118 Å². The maximum Gasteiger partial charge on any atom is 0.283 e. The normalized spacial score (nSPS) is 11.0. The number of carbonyl (C=O) groups excluding carboxylic acids is 2. The summed E-state index contributed by atoms with van der Waals surface area (Å²) in [4.78, 5) is 33.7. The van der Waals surface area contributed by atoms with Crippen LogP contribution in [-0.2, 0) is 0 Å². The van der Waals surface area contributed by atoms with Crippen LogP contribution < -0.4 is 11.5 Å². The maximum atomic E-state index is 11.7. The van der Waals surface area contributed by atoms with Crippen LogP contribution in [0.2, 0.25) is 0 Å². The number of rotatable bonds is 3. The van der Waals surface area contributed by atoms with Crippen LogP contribution in [0.5, 0.6) is 0 Å². The number of amides is 2. The topological polar surface area (TPSA) is 129 Å². The van der Waals surface area contributed by atoms with Gasteiger partial charge in [-0.1, -0.05) is 18.2 Å². The first-order chi connectivity index (χ1) is 9.91. The van der Waals surface area contributed by atoms with Crippen LogP contribution in [0.1, 0.15) is 20.7 Å². The number of nitrogens with two attached hydrogens (primary N) is 2. The molecule has 2 aromatic carbocycles. The average Bonchev–Trinajstić information content (AvgIpc) is 2.68. The largest absolute Gasteiger partial charge is 0.366 e. The molecule has 0 unspecified atom stereocenters. The van der Waals surface area contributed by atoms with Crippen LogP contribution in [0.4, 0.5) is 5.69 Å². The van der Waals surface area contributed by atoms with Crippen molar-refractivity contribution in [2.24, 2.45) is 11.5 Å². The third kappa shape index (κ3) is 1.68. The molecule has 7 nitrogen and oxygen atoms in total. The van der Waals surface area contributed by atoms with E-state index >= 15 is 0 Å². The number of primary amides is 2. The van der Waals surface area contributed by atoms with Gasteiger partial charge in [0.05, 0.1) is 10.5 Å². The second kappa shape index (κ2) is 4.14. The molecule has 1 aliphatic carbocycles. The summed E-state index contributed by atoms with van der Waals surface area (Å²) >= 11 is 0. The van der Waals surface area contributed by atoms with Gasteiger partial charge in [0.25, 0.3) is 11.6 Å². The third-order valence-electron chi connectivity index (χ3n) is 3.46. The van der Waals surface area contributed by atoms with E-state index in [0.717, 1.165) is 6.07 Å². The lowest BCUT2D eigenvalue weighted by Crippen LogP contribution is -2.18. The molecule has 2 aromatic rings. The van der Waals surface area contributed by atoms with Crippen LogP contribution in [0.3, 0.4) is 0 Å². The Hall–Kier alpha value is -3.22. The molecule has 0 heterocycles. The van der Waals surface area contributed by atoms with Crippen LogP contribution in [0.15, 0.2) is 30.3 Å². The lowest BCUT2D eigenvalue weighted by molar-refractivity contribution is -0.385. The van der Waals surface area contributed by atoms with Crippen LogP contribution in [-0.4, -0.2) is 16.7 Å². The molecule has 0 saturated carbocycles. The van der Waals surface area contributed by atoms with E-state index in [4.69, 9.17) is 11.5 Å². The van der Waals surface area contributed by atoms with E-state index in [9.17, 15) is 19.7 Å².